The molecule has 13 heavy (non-hydrogen) atoms. The van der Waals surface area contributed by atoms with Crippen LogP contribution in [0.4, 0.5) is 0 Å². The maximum Gasteiger partial charge on any atom is 0.166 e. The molecule has 1 aliphatic rings. The molecular formula is C9H7Cl2N2. The normalized spacial score (nSPS) is 18.3. The van der Waals surface area contributed by atoms with Gasteiger partial charge in [0, 0.05) is 12.5 Å². The zero-order chi connectivity index (χ0) is 9.26. The van der Waals surface area contributed by atoms with E-state index in [2.05, 4.69) is 4.98 Å². The van der Waals surface area contributed by atoms with Gasteiger partial charge >= 0.3 is 0 Å². The van der Waals surface area contributed by atoms with Crippen molar-refractivity contribution in [2.24, 2.45) is 0 Å². The van der Waals surface area contributed by atoms with Crippen molar-refractivity contribution in [3.8, 4) is 0 Å². The monoisotopic (exact) mass is 213 g/mol. The molecule has 0 aliphatic heterocycles. The maximum absolute atomic E-state index is 5.89. The first-order valence-electron chi connectivity index (χ1n) is 3.84. The SMILES string of the molecule is Clc1ncn(C[C]2[CH][CH][CH][CH]2)c1Cl. The standard InChI is InChI=1S/C9H7Cl2N2/c10-8-9(11)13(6-12-8)5-7-3-1-2-4-7/h1-4,6H,5H2. The summed E-state index contributed by atoms with van der Waals surface area (Å²) in [6.07, 6.45) is 9.68. The molecule has 1 saturated carbocycles. The summed E-state index contributed by atoms with van der Waals surface area (Å²) >= 11 is 11.6. The van der Waals surface area contributed by atoms with E-state index in [1.54, 1.807) is 10.9 Å². The van der Waals surface area contributed by atoms with Gasteiger partial charge in [0.2, 0.25) is 0 Å². The Kier molecular flexibility index (Phi) is 2.80. The average Bonchev–Trinajstić information content (AvgIpc) is 2.71. The van der Waals surface area contributed by atoms with Crippen LogP contribution in [-0.2, 0) is 6.54 Å². The lowest BCUT2D eigenvalue weighted by molar-refractivity contribution is 0.743. The predicted molar refractivity (Wildman–Crippen MR) is 52.7 cm³/mol. The number of nitrogens with zero attached hydrogens (tertiary/aromatic N) is 2. The molecule has 0 aromatic carbocycles. The molecule has 0 spiro atoms. The van der Waals surface area contributed by atoms with Crippen molar-refractivity contribution in [3.05, 3.63) is 48.2 Å². The van der Waals surface area contributed by atoms with Crippen LogP contribution >= 0.6 is 23.2 Å². The third-order valence-corrected chi connectivity index (χ3v) is 2.59. The Morgan fingerprint density at radius 2 is 1.92 bits per heavy atom. The van der Waals surface area contributed by atoms with Crippen molar-refractivity contribution >= 4 is 23.2 Å². The van der Waals surface area contributed by atoms with Crippen LogP contribution in [0.25, 0.3) is 0 Å². The first kappa shape index (κ1) is 9.35. The molecule has 2 nitrogen and oxygen atoms in total. The summed E-state index contributed by atoms with van der Waals surface area (Å²) in [7, 11) is 0. The second-order valence-electron chi connectivity index (χ2n) is 2.75. The van der Waals surface area contributed by atoms with Crippen molar-refractivity contribution in [1.29, 1.82) is 0 Å². The summed E-state index contributed by atoms with van der Waals surface area (Å²) in [5, 5.41) is 0.844. The van der Waals surface area contributed by atoms with Crippen LogP contribution in [0.15, 0.2) is 6.33 Å². The summed E-state index contributed by atoms with van der Waals surface area (Å²) in [4.78, 5) is 3.89. The highest BCUT2D eigenvalue weighted by Gasteiger charge is 2.18. The second-order valence-corrected chi connectivity index (χ2v) is 3.46. The molecule has 0 N–H and O–H groups in total. The third kappa shape index (κ3) is 2.00. The third-order valence-electron chi connectivity index (χ3n) is 1.82. The Morgan fingerprint density at radius 3 is 2.46 bits per heavy atom. The van der Waals surface area contributed by atoms with E-state index in [0.717, 1.165) is 0 Å². The van der Waals surface area contributed by atoms with Gasteiger partial charge in [0.05, 0.1) is 6.33 Å². The summed E-state index contributed by atoms with van der Waals surface area (Å²) < 4.78 is 1.80. The Bertz CT molecular complexity index is 290. The summed E-state index contributed by atoms with van der Waals surface area (Å²) in [6.45, 7) is 0.714. The summed E-state index contributed by atoms with van der Waals surface area (Å²) in [6, 6.07) is 0. The highest BCUT2D eigenvalue weighted by Crippen LogP contribution is 2.27. The van der Waals surface area contributed by atoms with Crippen LogP contribution in [-0.4, -0.2) is 9.55 Å². The molecule has 0 atom stereocenters. The van der Waals surface area contributed by atoms with E-state index in [1.165, 1.54) is 5.92 Å². The van der Waals surface area contributed by atoms with Gasteiger partial charge in [0.15, 0.2) is 5.15 Å². The second kappa shape index (κ2) is 3.89. The van der Waals surface area contributed by atoms with E-state index in [9.17, 15) is 0 Å². The molecule has 5 radical (unpaired) electrons. The molecule has 1 fully saturated rings. The molecule has 0 unspecified atom stereocenters. The van der Waals surface area contributed by atoms with Crippen LogP contribution in [0, 0.1) is 31.6 Å². The highest BCUT2D eigenvalue weighted by molar-refractivity contribution is 6.40. The lowest BCUT2D eigenvalue weighted by Gasteiger charge is -2.08. The number of hydrogen-bond acceptors (Lipinski definition) is 1. The first-order chi connectivity index (χ1) is 6.27. The fraction of sp³-hybridized carbons (Fsp3) is 0.111. The zero-order valence-corrected chi connectivity index (χ0v) is 8.26. The van der Waals surface area contributed by atoms with E-state index in [4.69, 9.17) is 23.2 Å². The quantitative estimate of drug-likeness (QED) is 0.739. The number of halogens is 2. The lowest BCUT2D eigenvalue weighted by atomic mass is 10.1. The molecule has 4 heteroatoms. The number of imidazole rings is 1. The van der Waals surface area contributed by atoms with Crippen LogP contribution in [0.2, 0.25) is 10.3 Å². The van der Waals surface area contributed by atoms with Crippen molar-refractivity contribution in [2.75, 3.05) is 0 Å². The predicted octanol–water partition coefficient (Wildman–Crippen LogP) is 2.60. The number of aromatic nitrogens is 2. The summed E-state index contributed by atoms with van der Waals surface area (Å²) in [5.41, 5.74) is 0. The van der Waals surface area contributed by atoms with Crippen LogP contribution in [0.1, 0.15) is 0 Å². The molecule has 2 rings (SSSR count). The molecule has 0 saturated heterocycles. The van der Waals surface area contributed by atoms with Crippen LogP contribution in [0.5, 0.6) is 0 Å². The average molecular weight is 214 g/mol. The van der Waals surface area contributed by atoms with Gasteiger partial charge < -0.3 is 4.57 Å². The highest BCUT2D eigenvalue weighted by atomic mass is 35.5. The lowest BCUT2D eigenvalue weighted by Crippen LogP contribution is -2.05. The topological polar surface area (TPSA) is 17.8 Å². The smallest absolute Gasteiger partial charge is 0.166 e. The molecular weight excluding hydrogens is 207 g/mol. The Labute approximate surface area is 87.9 Å². The van der Waals surface area contributed by atoms with Gasteiger partial charge in [-0.05, 0) is 25.7 Å². The van der Waals surface area contributed by atoms with Gasteiger partial charge in [-0.25, -0.2) is 4.98 Å². The van der Waals surface area contributed by atoms with E-state index >= 15 is 0 Å². The van der Waals surface area contributed by atoms with Crippen molar-refractivity contribution in [3.63, 3.8) is 0 Å². The van der Waals surface area contributed by atoms with E-state index in [-0.39, 0.29) is 0 Å². The molecule has 67 valence electrons. The largest absolute Gasteiger partial charge is 0.320 e. The zero-order valence-electron chi connectivity index (χ0n) is 6.74. The number of rotatable bonds is 2. The Morgan fingerprint density at radius 1 is 1.23 bits per heavy atom. The van der Waals surface area contributed by atoms with Crippen molar-refractivity contribution in [1.82, 2.24) is 9.55 Å². The van der Waals surface area contributed by atoms with Gasteiger partial charge in [-0.1, -0.05) is 23.2 Å². The van der Waals surface area contributed by atoms with Gasteiger partial charge in [-0.2, -0.15) is 0 Å². The molecule has 1 aliphatic carbocycles. The summed E-state index contributed by atoms with van der Waals surface area (Å²) in [5.74, 6) is 1.19. The molecule has 1 heterocycles. The van der Waals surface area contributed by atoms with Crippen LogP contribution in [0.3, 0.4) is 0 Å². The first-order valence-corrected chi connectivity index (χ1v) is 4.59. The fourth-order valence-corrected chi connectivity index (χ4v) is 1.47. The molecule has 1 aromatic rings. The van der Waals surface area contributed by atoms with Crippen molar-refractivity contribution < 1.29 is 0 Å². The Hall–Kier alpha value is -0.210. The van der Waals surface area contributed by atoms with E-state index in [0.29, 0.717) is 16.9 Å². The van der Waals surface area contributed by atoms with Crippen LogP contribution < -0.4 is 0 Å². The van der Waals surface area contributed by atoms with Gasteiger partial charge in [-0.3, -0.25) is 0 Å². The van der Waals surface area contributed by atoms with E-state index < -0.39 is 0 Å². The minimum absolute atomic E-state index is 0.355. The fourth-order valence-electron chi connectivity index (χ4n) is 1.17. The maximum atomic E-state index is 5.89. The van der Waals surface area contributed by atoms with Crippen molar-refractivity contribution in [2.45, 2.75) is 6.54 Å². The van der Waals surface area contributed by atoms with Gasteiger partial charge in [-0.15, -0.1) is 0 Å². The minimum atomic E-state index is 0.355. The number of hydrogen-bond donors (Lipinski definition) is 0. The Balaban J connectivity index is 2.04. The molecule has 1 aromatic heterocycles. The van der Waals surface area contributed by atoms with Gasteiger partial charge in [0.25, 0.3) is 0 Å². The minimum Gasteiger partial charge on any atom is -0.320 e. The van der Waals surface area contributed by atoms with Gasteiger partial charge in [0.1, 0.15) is 5.15 Å². The van der Waals surface area contributed by atoms with E-state index in [1.807, 2.05) is 25.7 Å². The molecule has 0 bridgehead atoms. The molecule has 0 amide bonds.